The van der Waals surface area contributed by atoms with Crippen molar-refractivity contribution in [1.29, 1.82) is 0 Å². The van der Waals surface area contributed by atoms with Gasteiger partial charge in [0.2, 0.25) is 10.0 Å². The maximum absolute atomic E-state index is 12.5. The van der Waals surface area contributed by atoms with Gasteiger partial charge in [-0.3, -0.25) is 4.79 Å². The molecule has 0 saturated heterocycles. The Bertz CT molecular complexity index is 1070. The SMILES string of the molecule is Cc1cc(C)c(NC(=O)C(C)OC(=O)c2ccc(Cl)c(S(=O)(=O)N(C)C)c2)c(C)c1. The summed E-state index contributed by atoms with van der Waals surface area (Å²) in [4.78, 5) is 24.8. The summed E-state index contributed by atoms with van der Waals surface area (Å²) in [5, 5.41) is 2.76. The van der Waals surface area contributed by atoms with Crippen LogP contribution in [0, 0.1) is 20.8 Å². The third-order valence-electron chi connectivity index (χ3n) is 4.50. The van der Waals surface area contributed by atoms with Crippen LogP contribution in [0.4, 0.5) is 5.69 Å². The van der Waals surface area contributed by atoms with E-state index in [2.05, 4.69) is 5.32 Å². The molecule has 9 heteroatoms. The lowest BCUT2D eigenvalue weighted by molar-refractivity contribution is -0.123. The van der Waals surface area contributed by atoms with E-state index in [0.717, 1.165) is 27.1 Å². The smallest absolute Gasteiger partial charge is 0.338 e. The molecule has 0 fully saturated rings. The lowest BCUT2D eigenvalue weighted by Gasteiger charge is -2.17. The number of rotatable bonds is 6. The number of nitrogens with zero attached hydrogens (tertiary/aromatic N) is 1. The minimum absolute atomic E-state index is 0.0173. The average Bonchev–Trinajstić information content (AvgIpc) is 2.64. The molecule has 0 saturated carbocycles. The van der Waals surface area contributed by atoms with Gasteiger partial charge in [0, 0.05) is 19.8 Å². The van der Waals surface area contributed by atoms with Crippen molar-refractivity contribution in [2.45, 2.75) is 38.7 Å². The molecule has 0 heterocycles. The first kappa shape index (κ1) is 23.9. The van der Waals surface area contributed by atoms with Crippen LogP contribution in [0.2, 0.25) is 5.02 Å². The predicted octanol–water partition coefficient (Wildman–Crippen LogP) is 3.70. The summed E-state index contributed by atoms with van der Waals surface area (Å²) < 4.78 is 31.0. The Morgan fingerprint density at radius 2 is 1.63 bits per heavy atom. The molecular formula is C21H25ClN2O5S. The summed E-state index contributed by atoms with van der Waals surface area (Å²) in [6.07, 6.45) is -1.10. The largest absolute Gasteiger partial charge is 0.449 e. The van der Waals surface area contributed by atoms with Crippen molar-refractivity contribution in [3.8, 4) is 0 Å². The summed E-state index contributed by atoms with van der Waals surface area (Å²) >= 11 is 5.99. The van der Waals surface area contributed by atoms with Gasteiger partial charge in [-0.1, -0.05) is 29.3 Å². The van der Waals surface area contributed by atoms with E-state index < -0.39 is 28.0 Å². The van der Waals surface area contributed by atoms with Crippen molar-refractivity contribution >= 4 is 39.2 Å². The van der Waals surface area contributed by atoms with Gasteiger partial charge in [0.25, 0.3) is 5.91 Å². The molecule has 1 amide bonds. The second kappa shape index (κ2) is 9.16. The second-order valence-electron chi connectivity index (χ2n) is 7.24. The van der Waals surface area contributed by atoms with Crippen molar-refractivity contribution in [3.05, 3.63) is 57.6 Å². The first-order valence-corrected chi connectivity index (χ1v) is 11.0. The monoisotopic (exact) mass is 452 g/mol. The summed E-state index contributed by atoms with van der Waals surface area (Å²) in [6.45, 7) is 7.17. The number of ether oxygens (including phenoxy) is 1. The third kappa shape index (κ3) is 5.19. The third-order valence-corrected chi connectivity index (χ3v) is 6.80. The fourth-order valence-electron chi connectivity index (χ4n) is 2.91. The van der Waals surface area contributed by atoms with Crippen molar-refractivity contribution < 1.29 is 22.7 Å². The van der Waals surface area contributed by atoms with Crippen LogP contribution in [0.5, 0.6) is 0 Å². The Kier molecular flexibility index (Phi) is 7.28. The predicted molar refractivity (Wildman–Crippen MR) is 116 cm³/mol. The molecule has 0 bridgehead atoms. The summed E-state index contributed by atoms with van der Waals surface area (Å²) in [6, 6.07) is 7.68. The van der Waals surface area contributed by atoms with Crippen LogP contribution in [0.3, 0.4) is 0 Å². The maximum Gasteiger partial charge on any atom is 0.338 e. The first-order valence-electron chi connectivity index (χ1n) is 9.16. The number of carbonyl (C=O) groups excluding carboxylic acids is 2. The van der Waals surface area contributed by atoms with E-state index >= 15 is 0 Å². The average molecular weight is 453 g/mol. The Morgan fingerprint density at radius 3 is 2.17 bits per heavy atom. The van der Waals surface area contributed by atoms with Crippen molar-refractivity contribution in [3.63, 3.8) is 0 Å². The Hall–Kier alpha value is -2.42. The number of esters is 1. The number of aryl methyl sites for hydroxylation is 3. The summed E-state index contributed by atoms with van der Waals surface area (Å²) in [7, 11) is -1.13. The topological polar surface area (TPSA) is 92.8 Å². The molecular weight excluding hydrogens is 428 g/mol. The highest BCUT2D eigenvalue weighted by Crippen LogP contribution is 2.26. The zero-order valence-corrected chi connectivity index (χ0v) is 19.3. The Balaban J connectivity index is 2.19. The molecule has 2 aromatic carbocycles. The zero-order valence-electron chi connectivity index (χ0n) is 17.7. The molecule has 0 radical (unpaired) electrons. The fourth-order valence-corrected chi connectivity index (χ4v) is 4.30. The number of halogens is 1. The van der Waals surface area contributed by atoms with Crippen LogP contribution in [-0.2, 0) is 19.6 Å². The minimum atomic E-state index is -3.85. The zero-order chi connectivity index (χ0) is 22.8. The molecule has 1 atom stereocenters. The number of benzene rings is 2. The van der Waals surface area contributed by atoms with Gasteiger partial charge in [0.05, 0.1) is 10.6 Å². The van der Waals surface area contributed by atoms with E-state index in [0.29, 0.717) is 5.69 Å². The number of anilines is 1. The van der Waals surface area contributed by atoms with Gasteiger partial charge in [-0.2, -0.15) is 0 Å². The molecule has 7 nitrogen and oxygen atoms in total. The van der Waals surface area contributed by atoms with Crippen LogP contribution in [0.1, 0.15) is 34.0 Å². The maximum atomic E-state index is 12.5. The highest BCUT2D eigenvalue weighted by Gasteiger charge is 2.25. The van der Waals surface area contributed by atoms with Crippen LogP contribution in [-0.4, -0.2) is 44.8 Å². The fraction of sp³-hybridized carbons (Fsp3) is 0.333. The highest BCUT2D eigenvalue weighted by molar-refractivity contribution is 7.89. The van der Waals surface area contributed by atoms with Gasteiger partial charge in [0.1, 0.15) is 4.90 Å². The molecule has 0 aliphatic heterocycles. The van der Waals surface area contributed by atoms with Gasteiger partial charge in [0.15, 0.2) is 6.10 Å². The lowest BCUT2D eigenvalue weighted by Crippen LogP contribution is -2.30. The van der Waals surface area contributed by atoms with Crippen molar-refractivity contribution in [2.24, 2.45) is 0 Å². The summed E-state index contributed by atoms with van der Waals surface area (Å²) in [5.41, 5.74) is 3.52. The lowest BCUT2D eigenvalue weighted by atomic mass is 10.0. The van der Waals surface area contributed by atoms with Gasteiger partial charge in [-0.25, -0.2) is 17.5 Å². The van der Waals surface area contributed by atoms with E-state index in [1.54, 1.807) is 0 Å². The number of carbonyl (C=O) groups is 2. The van der Waals surface area contributed by atoms with Gasteiger partial charge < -0.3 is 10.1 Å². The molecule has 1 N–H and O–H groups in total. The number of hydrogen-bond donors (Lipinski definition) is 1. The van der Waals surface area contributed by atoms with E-state index in [4.69, 9.17) is 16.3 Å². The molecule has 2 aromatic rings. The molecule has 1 unspecified atom stereocenters. The van der Waals surface area contributed by atoms with Gasteiger partial charge >= 0.3 is 5.97 Å². The number of hydrogen-bond acceptors (Lipinski definition) is 5. The molecule has 2 rings (SSSR count). The second-order valence-corrected chi connectivity index (χ2v) is 9.77. The van der Waals surface area contributed by atoms with E-state index in [1.165, 1.54) is 33.2 Å². The normalized spacial score (nSPS) is 12.5. The quantitative estimate of drug-likeness (QED) is 0.674. The summed E-state index contributed by atoms with van der Waals surface area (Å²) in [5.74, 6) is -1.32. The van der Waals surface area contributed by atoms with Crippen LogP contribution >= 0.6 is 11.6 Å². The van der Waals surface area contributed by atoms with Crippen LogP contribution in [0.15, 0.2) is 35.2 Å². The molecule has 30 heavy (non-hydrogen) atoms. The van der Waals surface area contributed by atoms with Crippen molar-refractivity contribution in [2.75, 3.05) is 19.4 Å². The Morgan fingerprint density at radius 1 is 1.07 bits per heavy atom. The van der Waals surface area contributed by atoms with Gasteiger partial charge in [-0.05, 0) is 57.0 Å². The molecule has 162 valence electrons. The number of amides is 1. The van der Waals surface area contributed by atoms with Crippen molar-refractivity contribution in [1.82, 2.24) is 4.31 Å². The van der Waals surface area contributed by atoms with Crippen LogP contribution < -0.4 is 5.32 Å². The minimum Gasteiger partial charge on any atom is -0.449 e. The van der Waals surface area contributed by atoms with Gasteiger partial charge in [-0.15, -0.1) is 0 Å². The highest BCUT2D eigenvalue weighted by atomic mass is 35.5. The number of sulfonamides is 1. The standard InChI is InChI=1S/C21H25ClN2O5S/c1-12-9-13(2)19(14(3)10-12)23-20(25)15(4)29-21(26)16-7-8-17(22)18(11-16)30(27,28)24(5)6/h7-11,15H,1-6H3,(H,23,25). The van der Waals surface area contributed by atoms with Crippen LogP contribution in [0.25, 0.3) is 0 Å². The van der Waals surface area contributed by atoms with E-state index in [1.807, 2.05) is 32.9 Å². The van der Waals surface area contributed by atoms with E-state index in [-0.39, 0.29) is 15.5 Å². The Labute approximate surface area is 182 Å². The molecule has 0 aliphatic rings. The molecule has 0 aromatic heterocycles. The number of nitrogens with one attached hydrogen (secondary N) is 1. The molecule has 0 aliphatic carbocycles. The van der Waals surface area contributed by atoms with E-state index in [9.17, 15) is 18.0 Å². The molecule has 0 spiro atoms. The first-order chi connectivity index (χ1) is 13.8.